The van der Waals surface area contributed by atoms with Crippen LogP contribution in [0.5, 0.6) is 0 Å². The largest absolute Gasteiger partial charge is 0.444 e. The molecule has 1 aromatic carbocycles. The number of alkyl halides is 2. The van der Waals surface area contributed by atoms with Crippen LogP contribution in [0.3, 0.4) is 0 Å². The zero-order valence-electron chi connectivity index (χ0n) is 19.9. The van der Waals surface area contributed by atoms with Gasteiger partial charge in [0.1, 0.15) is 23.1 Å². The van der Waals surface area contributed by atoms with E-state index in [9.17, 15) is 13.6 Å². The van der Waals surface area contributed by atoms with Crippen LogP contribution >= 0.6 is 0 Å². The standard InChI is InChI=1S/C24H30F2N6O2/c1-15-28-19(27-14-16-9-11-31(12-10-16)23(33)34-24(2,3)4)13-20(29-15)32-18-8-6-5-7-17(18)30-22(32)21(25)26/h5-8,13,16,21H,9-12,14H2,1-4H3,(H,27,28,29). The Balaban J connectivity index is 1.45. The molecule has 1 fully saturated rings. The Morgan fingerprint density at radius 2 is 1.88 bits per heavy atom. The van der Waals surface area contributed by atoms with E-state index in [0.717, 1.165) is 12.8 Å². The summed E-state index contributed by atoms with van der Waals surface area (Å²) in [5, 5.41) is 3.33. The Bertz CT molecular complexity index is 1170. The summed E-state index contributed by atoms with van der Waals surface area (Å²) in [6.07, 6.45) is -1.35. The topological polar surface area (TPSA) is 85.2 Å². The van der Waals surface area contributed by atoms with E-state index in [2.05, 4.69) is 20.3 Å². The van der Waals surface area contributed by atoms with Crippen LogP contribution in [-0.4, -0.2) is 55.7 Å². The monoisotopic (exact) mass is 472 g/mol. The van der Waals surface area contributed by atoms with Crippen molar-refractivity contribution < 1.29 is 18.3 Å². The zero-order chi connectivity index (χ0) is 24.5. The van der Waals surface area contributed by atoms with E-state index < -0.39 is 12.0 Å². The van der Waals surface area contributed by atoms with Crippen LogP contribution in [0.2, 0.25) is 0 Å². The number of hydrogen-bond acceptors (Lipinski definition) is 6. The molecule has 0 aliphatic carbocycles. The summed E-state index contributed by atoms with van der Waals surface area (Å²) in [6.45, 7) is 9.23. The highest BCUT2D eigenvalue weighted by Crippen LogP contribution is 2.28. The molecular weight excluding hydrogens is 442 g/mol. The molecule has 4 rings (SSSR count). The number of aromatic nitrogens is 4. The van der Waals surface area contributed by atoms with Crippen molar-refractivity contribution in [3.63, 3.8) is 0 Å². The number of ether oxygens (including phenoxy) is 1. The first-order chi connectivity index (χ1) is 16.1. The van der Waals surface area contributed by atoms with Gasteiger partial charge in [-0.2, -0.15) is 0 Å². The Kier molecular flexibility index (Phi) is 6.67. The van der Waals surface area contributed by atoms with Gasteiger partial charge < -0.3 is 15.0 Å². The maximum atomic E-state index is 13.7. The van der Waals surface area contributed by atoms with Crippen molar-refractivity contribution in [3.05, 3.63) is 42.0 Å². The molecule has 0 atom stereocenters. The molecule has 182 valence electrons. The molecule has 3 heterocycles. The second-order valence-electron chi connectivity index (χ2n) is 9.55. The maximum Gasteiger partial charge on any atom is 0.410 e. The third-order valence-electron chi connectivity index (χ3n) is 5.67. The number of likely N-dealkylation sites (tertiary alicyclic amines) is 1. The fourth-order valence-corrected chi connectivity index (χ4v) is 4.08. The van der Waals surface area contributed by atoms with E-state index in [-0.39, 0.29) is 11.9 Å². The highest BCUT2D eigenvalue weighted by molar-refractivity contribution is 5.78. The van der Waals surface area contributed by atoms with Crippen LogP contribution in [-0.2, 0) is 4.74 Å². The van der Waals surface area contributed by atoms with Gasteiger partial charge in [0.2, 0.25) is 0 Å². The van der Waals surface area contributed by atoms with Gasteiger partial charge in [0, 0.05) is 25.7 Å². The molecule has 0 saturated carbocycles. The lowest BCUT2D eigenvalue weighted by atomic mass is 9.97. The van der Waals surface area contributed by atoms with Gasteiger partial charge in [0.25, 0.3) is 6.43 Å². The lowest BCUT2D eigenvalue weighted by molar-refractivity contribution is 0.0188. The number of amides is 1. The minimum Gasteiger partial charge on any atom is -0.444 e. The number of piperidine rings is 1. The van der Waals surface area contributed by atoms with E-state index in [0.29, 0.717) is 54.0 Å². The minimum atomic E-state index is -2.74. The first-order valence-corrected chi connectivity index (χ1v) is 11.4. The number of nitrogens with one attached hydrogen (secondary N) is 1. The maximum absolute atomic E-state index is 13.7. The average Bonchev–Trinajstić information content (AvgIpc) is 3.17. The van der Waals surface area contributed by atoms with Gasteiger partial charge in [-0.1, -0.05) is 12.1 Å². The number of aryl methyl sites for hydroxylation is 1. The van der Waals surface area contributed by atoms with E-state index in [1.165, 1.54) is 4.57 Å². The van der Waals surface area contributed by atoms with E-state index >= 15 is 0 Å². The van der Waals surface area contributed by atoms with Crippen LogP contribution in [0.25, 0.3) is 16.9 Å². The fourth-order valence-electron chi connectivity index (χ4n) is 4.08. The van der Waals surface area contributed by atoms with Crippen molar-refractivity contribution in [3.8, 4) is 5.82 Å². The van der Waals surface area contributed by atoms with Gasteiger partial charge in [-0.05, 0) is 58.6 Å². The third-order valence-corrected chi connectivity index (χ3v) is 5.67. The molecule has 3 aromatic rings. The average molecular weight is 473 g/mol. The van der Waals surface area contributed by atoms with Gasteiger partial charge in [0.15, 0.2) is 5.82 Å². The predicted octanol–water partition coefficient (Wildman–Crippen LogP) is 5.12. The molecule has 1 amide bonds. The van der Waals surface area contributed by atoms with E-state index in [1.54, 1.807) is 42.2 Å². The van der Waals surface area contributed by atoms with Gasteiger partial charge >= 0.3 is 6.09 Å². The quantitative estimate of drug-likeness (QED) is 0.555. The number of carbonyl (C=O) groups is 1. The van der Waals surface area contributed by atoms with E-state index in [1.807, 2.05) is 20.8 Å². The number of benzene rings is 1. The van der Waals surface area contributed by atoms with Crippen LogP contribution in [0.15, 0.2) is 30.3 Å². The van der Waals surface area contributed by atoms with Gasteiger partial charge in [-0.25, -0.2) is 28.5 Å². The molecule has 1 N–H and O–H groups in total. The van der Waals surface area contributed by atoms with Crippen molar-refractivity contribution in [1.29, 1.82) is 0 Å². The highest BCUT2D eigenvalue weighted by Gasteiger charge is 2.27. The molecule has 8 nitrogen and oxygen atoms in total. The summed E-state index contributed by atoms with van der Waals surface area (Å²) in [6, 6.07) is 8.67. The number of anilines is 1. The fraction of sp³-hybridized carbons (Fsp3) is 0.500. The summed E-state index contributed by atoms with van der Waals surface area (Å²) < 4.78 is 34.3. The summed E-state index contributed by atoms with van der Waals surface area (Å²) >= 11 is 0. The number of carbonyl (C=O) groups excluding carboxylic acids is 1. The number of hydrogen-bond donors (Lipinski definition) is 1. The summed E-state index contributed by atoms with van der Waals surface area (Å²) in [4.78, 5) is 26.9. The number of imidazole rings is 1. The second kappa shape index (κ2) is 9.52. The van der Waals surface area contributed by atoms with Crippen molar-refractivity contribution in [2.75, 3.05) is 25.0 Å². The molecule has 0 unspecified atom stereocenters. The number of rotatable bonds is 5. The number of halogens is 2. The molecule has 0 bridgehead atoms. The Hall–Kier alpha value is -3.30. The van der Waals surface area contributed by atoms with Gasteiger partial charge in [-0.15, -0.1) is 0 Å². The lowest BCUT2D eigenvalue weighted by Gasteiger charge is -2.33. The van der Waals surface area contributed by atoms with Gasteiger partial charge in [0.05, 0.1) is 11.0 Å². The number of fused-ring (bicyclic) bond motifs is 1. The second-order valence-corrected chi connectivity index (χ2v) is 9.55. The van der Waals surface area contributed by atoms with Crippen molar-refractivity contribution in [2.45, 2.75) is 52.6 Å². The van der Waals surface area contributed by atoms with Crippen LogP contribution in [0.1, 0.15) is 51.7 Å². The zero-order valence-corrected chi connectivity index (χ0v) is 19.9. The van der Waals surface area contributed by atoms with E-state index in [4.69, 9.17) is 4.74 Å². The van der Waals surface area contributed by atoms with Crippen molar-refractivity contribution in [2.24, 2.45) is 5.92 Å². The first-order valence-electron chi connectivity index (χ1n) is 11.4. The van der Waals surface area contributed by atoms with Crippen LogP contribution < -0.4 is 5.32 Å². The molecule has 2 aromatic heterocycles. The normalized spacial score (nSPS) is 15.2. The lowest BCUT2D eigenvalue weighted by Crippen LogP contribution is -2.42. The molecule has 0 radical (unpaired) electrons. The molecule has 10 heteroatoms. The molecule has 1 aliphatic rings. The number of nitrogens with zero attached hydrogens (tertiary/aromatic N) is 5. The minimum absolute atomic E-state index is 0.280. The molecule has 1 aliphatic heterocycles. The number of para-hydroxylation sites is 2. The third kappa shape index (κ3) is 5.43. The summed E-state index contributed by atoms with van der Waals surface area (Å²) in [5.74, 6) is 1.38. The Morgan fingerprint density at radius 1 is 1.18 bits per heavy atom. The molecule has 34 heavy (non-hydrogen) atoms. The predicted molar refractivity (Wildman–Crippen MR) is 125 cm³/mol. The van der Waals surface area contributed by atoms with Crippen molar-refractivity contribution in [1.82, 2.24) is 24.4 Å². The van der Waals surface area contributed by atoms with Gasteiger partial charge in [-0.3, -0.25) is 4.57 Å². The molecule has 0 spiro atoms. The summed E-state index contributed by atoms with van der Waals surface area (Å²) in [7, 11) is 0. The van der Waals surface area contributed by atoms with Crippen LogP contribution in [0, 0.1) is 12.8 Å². The molecule has 1 saturated heterocycles. The smallest absolute Gasteiger partial charge is 0.410 e. The highest BCUT2D eigenvalue weighted by atomic mass is 19.3. The Morgan fingerprint density at radius 3 is 2.56 bits per heavy atom. The first kappa shape index (κ1) is 23.8. The molecular formula is C24H30F2N6O2. The van der Waals surface area contributed by atoms with Crippen LogP contribution in [0.4, 0.5) is 19.4 Å². The van der Waals surface area contributed by atoms with Crippen molar-refractivity contribution >= 4 is 22.9 Å². The Labute approximate surface area is 197 Å². The SMILES string of the molecule is Cc1nc(NCC2CCN(C(=O)OC(C)(C)C)CC2)cc(-n2c(C(F)F)nc3ccccc32)n1. The summed E-state index contributed by atoms with van der Waals surface area (Å²) in [5.41, 5.74) is 0.541.